The first-order valence-electron chi connectivity index (χ1n) is 5.38. The maximum atomic E-state index is 5.94. The van der Waals surface area contributed by atoms with Crippen LogP contribution in [0.15, 0.2) is 46.6 Å². The summed E-state index contributed by atoms with van der Waals surface area (Å²) in [4.78, 5) is 0. The minimum atomic E-state index is 0.818. The number of thiophene rings is 2. The second-order valence-electron chi connectivity index (χ2n) is 3.90. The monoisotopic (exact) mass is 292 g/mol. The molecule has 0 radical (unpaired) electrons. The van der Waals surface area contributed by atoms with Gasteiger partial charge in [0.05, 0.1) is 10.0 Å². The van der Waals surface area contributed by atoms with Gasteiger partial charge in [0.15, 0.2) is 0 Å². The zero-order valence-electron chi connectivity index (χ0n) is 9.55. The minimum absolute atomic E-state index is 0.818. The van der Waals surface area contributed by atoms with Gasteiger partial charge in [-0.1, -0.05) is 29.3 Å². The highest BCUT2D eigenvalue weighted by molar-refractivity contribution is 7.31. The quantitative estimate of drug-likeness (QED) is 0.492. The molecule has 0 bridgehead atoms. The lowest BCUT2D eigenvalue weighted by Gasteiger charge is -1.92. The Morgan fingerprint density at radius 2 is 1.67 bits per heavy atom. The van der Waals surface area contributed by atoms with Crippen LogP contribution >= 0.6 is 34.3 Å². The van der Waals surface area contributed by atoms with Gasteiger partial charge in [-0.15, -0.1) is 32.9 Å². The molecule has 1 aromatic carbocycles. The third-order valence-electron chi connectivity index (χ3n) is 2.46. The Morgan fingerprint density at radius 3 is 2.39 bits per heavy atom. The Labute approximate surface area is 118 Å². The predicted molar refractivity (Wildman–Crippen MR) is 80.1 cm³/mol. The van der Waals surface area contributed by atoms with E-state index in [4.69, 9.17) is 11.6 Å². The minimum Gasteiger partial charge on any atom is -0.150 e. The van der Waals surface area contributed by atoms with Crippen molar-refractivity contribution in [2.45, 2.75) is 6.92 Å². The molecule has 90 valence electrons. The van der Waals surface area contributed by atoms with Crippen LogP contribution in [-0.2, 0) is 0 Å². The molecule has 2 aromatic heterocycles. The van der Waals surface area contributed by atoms with Crippen LogP contribution in [0, 0.1) is 6.92 Å². The molecule has 0 fully saturated rings. The van der Waals surface area contributed by atoms with Crippen molar-refractivity contribution >= 4 is 54.4 Å². The number of nitrogens with zero attached hydrogens (tertiary/aromatic N) is 2. The van der Waals surface area contributed by atoms with Crippen LogP contribution < -0.4 is 0 Å². The van der Waals surface area contributed by atoms with Gasteiger partial charge in [-0.05, 0) is 31.2 Å². The average molecular weight is 293 g/mol. The largest absolute Gasteiger partial charge is 0.150 e. The third-order valence-corrected chi connectivity index (χ3v) is 4.77. The van der Waals surface area contributed by atoms with E-state index < -0.39 is 0 Å². The fourth-order valence-corrected chi connectivity index (χ4v) is 3.92. The summed E-state index contributed by atoms with van der Waals surface area (Å²) >= 11 is 9.11. The summed E-state index contributed by atoms with van der Waals surface area (Å²) in [7, 11) is 0. The van der Waals surface area contributed by atoms with E-state index in [2.05, 4.69) is 17.2 Å². The summed E-state index contributed by atoms with van der Waals surface area (Å²) in [5.41, 5.74) is 2.09. The molecule has 3 aromatic rings. The number of benzene rings is 1. The molecular formula is C13H9ClN2S2. The van der Waals surface area contributed by atoms with Crippen molar-refractivity contribution < 1.29 is 0 Å². The van der Waals surface area contributed by atoms with Gasteiger partial charge in [0.25, 0.3) is 0 Å². The molecule has 0 spiro atoms. The van der Waals surface area contributed by atoms with E-state index in [0.717, 1.165) is 15.0 Å². The van der Waals surface area contributed by atoms with Crippen LogP contribution in [0.2, 0.25) is 4.34 Å². The Morgan fingerprint density at radius 1 is 0.944 bits per heavy atom. The van der Waals surface area contributed by atoms with Crippen LogP contribution in [0.25, 0.3) is 9.40 Å². The summed E-state index contributed by atoms with van der Waals surface area (Å²) in [5, 5.41) is 9.38. The topological polar surface area (TPSA) is 24.7 Å². The molecule has 0 aliphatic heterocycles. The number of rotatable bonds is 2. The summed E-state index contributed by atoms with van der Waals surface area (Å²) in [5.74, 6) is 0. The summed E-state index contributed by atoms with van der Waals surface area (Å²) in [6.07, 6.45) is 0. The predicted octanol–water partition coefficient (Wildman–Crippen LogP) is 6.34. The van der Waals surface area contributed by atoms with Crippen molar-refractivity contribution in [2.24, 2.45) is 10.2 Å². The summed E-state index contributed by atoms with van der Waals surface area (Å²) in [6.45, 7) is 2.05. The molecule has 0 amide bonds. The number of hydrogen-bond donors (Lipinski definition) is 0. The second kappa shape index (κ2) is 4.80. The highest BCUT2D eigenvalue weighted by Gasteiger charge is 2.04. The van der Waals surface area contributed by atoms with E-state index in [1.807, 2.05) is 36.4 Å². The van der Waals surface area contributed by atoms with E-state index in [0.29, 0.717) is 0 Å². The Balaban J connectivity index is 1.86. The number of fused-ring (bicyclic) bond motifs is 1. The zero-order chi connectivity index (χ0) is 12.5. The van der Waals surface area contributed by atoms with Crippen LogP contribution in [0.5, 0.6) is 0 Å². The first-order valence-corrected chi connectivity index (χ1v) is 7.39. The van der Waals surface area contributed by atoms with Crippen molar-refractivity contribution in [1.29, 1.82) is 0 Å². The number of aryl methyl sites for hydroxylation is 1. The zero-order valence-corrected chi connectivity index (χ0v) is 11.9. The Kier molecular flexibility index (Phi) is 3.16. The summed E-state index contributed by atoms with van der Waals surface area (Å²) < 4.78 is 3.16. The van der Waals surface area contributed by atoms with E-state index in [1.165, 1.54) is 15.0 Å². The van der Waals surface area contributed by atoms with Gasteiger partial charge in [0, 0.05) is 9.40 Å². The standard InChI is InChI=1S/C13H9ClN2S2/c1-8-2-4-9(5-3-8)15-16-13-7-11-10(18-13)6-12(14)17-11/h2-7H,1H3. The van der Waals surface area contributed by atoms with E-state index in [9.17, 15) is 0 Å². The molecule has 18 heavy (non-hydrogen) atoms. The molecule has 2 heterocycles. The Bertz CT molecular complexity index is 679. The van der Waals surface area contributed by atoms with Gasteiger partial charge >= 0.3 is 0 Å². The van der Waals surface area contributed by atoms with Gasteiger partial charge in [-0.25, -0.2) is 0 Å². The van der Waals surface area contributed by atoms with Crippen LogP contribution in [0.3, 0.4) is 0 Å². The van der Waals surface area contributed by atoms with E-state index in [1.54, 1.807) is 22.7 Å². The SMILES string of the molecule is Cc1ccc(N=Nc2cc3sc(Cl)cc3s2)cc1. The number of halogens is 1. The van der Waals surface area contributed by atoms with Crippen molar-refractivity contribution in [3.8, 4) is 0 Å². The first kappa shape index (κ1) is 11.8. The van der Waals surface area contributed by atoms with Crippen molar-refractivity contribution in [3.63, 3.8) is 0 Å². The van der Waals surface area contributed by atoms with Crippen molar-refractivity contribution in [3.05, 3.63) is 46.3 Å². The van der Waals surface area contributed by atoms with Gasteiger partial charge in [-0.2, -0.15) is 0 Å². The van der Waals surface area contributed by atoms with Gasteiger partial charge in [0.1, 0.15) is 5.00 Å². The molecular weight excluding hydrogens is 284 g/mol. The number of hydrogen-bond acceptors (Lipinski definition) is 4. The lowest BCUT2D eigenvalue weighted by molar-refractivity contribution is 1.25. The molecule has 0 aliphatic rings. The lowest BCUT2D eigenvalue weighted by atomic mass is 10.2. The highest BCUT2D eigenvalue weighted by Crippen LogP contribution is 2.39. The van der Waals surface area contributed by atoms with Crippen LogP contribution in [0.4, 0.5) is 10.7 Å². The fourth-order valence-electron chi connectivity index (χ4n) is 1.56. The van der Waals surface area contributed by atoms with Gasteiger partial charge in [-0.3, -0.25) is 0 Å². The summed E-state index contributed by atoms with van der Waals surface area (Å²) in [6, 6.07) is 12.0. The smallest absolute Gasteiger partial charge is 0.140 e. The third kappa shape index (κ3) is 2.46. The molecule has 5 heteroatoms. The Hall–Kier alpha value is -1.23. The molecule has 0 N–H and O–H groups in total. The maximum Gasteiger partial charge on any atom is 0.140 e. The molecule has 0 saturated heterocycles. The molecule has 0 unspecified atom stereocenters. The van der Waals surface area contributed by atoms with E-state index in [-0.39, 0.29) is 0 Å². The molecule has 0 saturated carbocycles. The second-order valence-corrected chi connectivity index (χ2v) is 6.68. The van der Waals surface area contributed by atoms with Crippen molar-refractivity contribution in [1.82, 2.24) is 0 Å². The van der Waals surface area contributed by atoms with Crippen molar-refractivity contribution in [2.75, 3.05) is 0 Å². The maximum absolute atomic E-state index is 5.94. The molecule has 2 nitrogen and oxygen atoms in total. The lowest BCUT2D eigenvalue weighted by Crippen LogP contribution is -1.67. The van der Waals surface area contributed by atoms with Crippen LogP contribution in [-0.4, -0.2) is 0 Å². The number of azo groups is 1. The fraction of sp³-hybridized carbons (Fsp3) is 0.0769. The average Bonchev–Trinajstić information content (AvgIpc) is 2.85. The molecule has 0 atom stereocenters. The molecule has 3 rings (SSSR count). The van der Waals surface area contributed by atoms with Crippen LogP contribution in [0.1, 0.15) is 5.56 Å². The first-order chi connectivity index (χ1) is 8.70. The normalized spacial score (nSPS) is 11.7. The highest BCUT2D eigenvalue weighted by atomic mass is 35.5. The van der Waals surface area contributed by atoms with E-state index >= 15 is 0 Å². The molecule has 0 aliphatic carbocycles. The van der Waals surface area contributed by atoms with Gasteiger partial charge < -0.3 is 0 Å². The van der Waals surface area contributed by atoms with Gasteiger partial charge in [0.2, 0.25) is 0 Å².